The van der Waals surface area contributed by atoms with Gasteiger partial charge in [0, 0.05) is 12.0 Å². The van der Waals surface area contributed by atoms with Crippen molar-refractivity contribution in [1.82, 2.24) is 9.55 Å². The lowest BCUT2D eigenvalue weighted by Gasteiger charge is -2.09. The number of alkyl halides is 3. The first-order valence-electron chi connectivity index (χ1n) is 5.65. The number of rotatable bonds is 2. The van der Waals surface area contributed by atoms with Crippen molar-refractivity contribution in [1.29, 1.82) is 0 Å². The highest BCUT2D eigenvalue weighted by molar-refractivity contribution is 7.19. The number of hydrogen-bond acceptors (Lipinski definition) is 4. The zero-order chi connectivity index (χ0) is 13.8. The Morgan fingerprint density at radius 3 is 2.74 bits per heavy atom. The summed E-state index contributed by atoms with van der Waals surface area (Å²) in [6.07, 6.45) is -2.61. The monoisotopic (exact) mass is 290 g/mol. The summed E-state index contributed by atoms with van der Waals surface area (Å²) in [6, 6.07) is 0.808. The van der Waals surface area contributed by atoms with Crippen LogP contribution >= 0.6 is 11.3 Å². The average molecular weight is 290 g/mol. The van der Waals surface area contributed by atoms with E-state index in [1.54, 1.807) is 0 Å². The molecule has 0 amide bonds. The summed E-state index contributed by atoms with van der Waals surface area (Å²) in [5, 5.41) is 10.4. The Bertz CT molecular complexity index is 700. The van der Waals surface area contributed by atoms with Gasteiger partial charge < -0.3 is 5.11 Å². The van der Waals surface area contributed by atoms with Crippen LogP contribution < -0.4 is 5.56 Å². The Morgan fingerprint density at radius 2 is 2.16 bits per heavy atom. The van der Waals surface area contributed by atoms with Crippen LogP contribution in [-0.2, 0) is 6.54 Å². The van der Waals surface area contributed by atoms with Crippen molar-refractivity contribution in [2.75, 3.05) is 0 Å². The van der Waals surface area contributed by atoms with Gasteiger partial charge in [-0.25, -0.2) is 4.98 Å². The average Bonchev–Trinajstić information content (AvgIpc) is 3.02. The predicted molar refractivity (Wildman–Crippen MR) is 63.6 cm³/mol. The fraction of sp³-hybridized carbons (Fsp3) is 0.455. The third-order valence-corrected chi connectivity index (χ3v) is 4.13. The Morgan fingerprint density at radius 1 is 1.47 bits per heavy atom. The van der Waals surface area contributed by atoms with Crippen molar-refractivity contribution < 1.29 is 18.3 Å². The van der Waals surface area contributed by atoms with Crippen molar-refractivity contribution in [2.45, 2.75) is 31.5 Å². The minimum absolute atomic E-state index is 0.0748. The first kappa shape index (κ1) is 12.5. The molecule has 8 heteroatoms. The molecule has 19 heavy (non-hydrogen) atoms. The summed E-state index contributed by atoms with van der Waals surface area (Å²) in [4.78, 5) is 15.7. The molecule has 4 nitrogen and oxygen atoms in total. The third kappa shape index (κ3) is 2.32. The van der Waals surface area contributed by atoms with Crippen LogP contribution in [0.4, 0.5) is 13.2 Å². The molecule has 0 spiro atoms. The first-order valence-corrected chi connectivity index (χ1v) is 6.47. The fourth-order valence-electron chi connectivity index (χ4n) is 1.88. The summed E-state index contributed by atoms with van der Waals surface area (Å²) in [5.41, 5.74) is -0.968. The van der Waals surface area contributed by atoms with Crippen molar-refractivity contribution >= 4 is 21.7 Å². The van der Waals surface area contributed by atoms with Gasteiger partial charge >= 0.3 is 6.18 Å². The molecular weight excluding hydrogens is 281 g/mol. The second-order valence-corrected chi connectivity index (χ2v) is 5.58. The van der Waals surface area contributed by atoms with E-state index < -0.39 is 18.3 Å². The summed E-state index contributed by atoms with van der Waals surface area (Å²) >= 11 is 1.16. The number of nitrogens with zero attached hydrogens (tertiary/aromatic N) is 2. The summed E-state index contributed by atoms with van der Waals surface area (Å²) in [7, 11) is 0. The van der Waals surface area contributed by atoms with E-state index in [0.717, 1.165) is 30.2 Å². The lowest BCUT2D eigenvalue weighted by molar-refractivity contribution is -0.140. The maximum Gasteiger partial charge on any atom is 0.406 e. The highest BCUT2D eigenvalue weighted by atomic mass is 32.1. The van der Waals surface area contributed by atoms with Gasteiger partial charge in [-0.3, -0.25) is 9.36 Å². The quantitative estimate of drug-likeness (QED) is 0.925. The standard InChI is InChI=1S/C11H9F3N2O2S/c12-11(13,14)4-16-7(18)3-6(17)8-9(16)15-10(19-8)5-1-2-5/h3,5,17H,1-2,4H2. The van der Waals surface area contributed by atoms with E-state index in [0.29, 0.717) is 9.57 Å². The zero-order valence-electron chi connectivity index (χ0n) is 9.57. The number of aromatic hydroxyl groups is 1. The van der Waals surface area contributed by atoms with E-state index in [-0.39, 0.29) is 22.0 Å². The van der Waals surface area contributed by atoms with Crippen molar-refractivity contribution in [3.8, 4) is 5.75 Å². The maximum absolute atomic E-state index is 12.5. The normalized spacial score (nSPS) is 16.2. The topological polar surface area (TPSA) is 55.1 Å². The molecule has 1 fully saturated rings. The fourth-order valence-corrected chi connectivity index (χ4v) is 3.03. The maximum atomic E-state index is 12.5. The zero-order valence-corrected chi connectivity index (χ0v) is 10.4. The molecule has 0 bridgehead atoms. The van der Waals surface area contributed by atoms with Gasteiger partial charge in [-0.1, -0.05) is 0 Å². The van der Waals surface area contributed by atoms with E-state index in [1.165, 1.54) is 0 Å². The van der Waals surface area contributed by atoms with Gasteiger partial charge in [-0.05, 0) is 12.8 Å². The van der Waals surface area contributed by atoms with Crippen molar-refractivity contribution in [2.24, 2.45) is 0 Å². The van der Waals surface area contributed by atoms with Gasteiger partial charge in [-0.2, -0.15) is 13.2 Å². The highest BCUT2D eigenvalue weighted by Crippen LogP contribution is 2.44. The lowest BCUT2D eigenvalue weighted by Crippen LogP contribution is -2.27. The Labute approximate surface area is 109 Å². The molecule has 0 unspecified atom stereocenters. The van der Waals surface area contributed by atoms with Gasteiger partial charge in [0.15, 0.2) is 5.65 Å². The van der Waals surface area contributed by atoms with Crippen LogP contribution in [0.3, 0.4) is 0 Å². The Balaban J connectivity index is 2.21. The Kier molecular flexibility index (Phi) is 2.60. The van der Waals surface area contributed by atoms with E-state index in [2.05, 4.69) is 4.98 Å². The Hall–Kier alpha value is -1.57. The van der Waals surface area contributed by atoms with Crippen LogP contribution in [-0.4, -0.2) is 20.8 Å². The molecule has 0 radical (unpaired) electrons. The molecule has 1 N–H and O–H groups in total. The molecule has 0 atom stereocenters. The van der Waals surface area contributed by atoms with Crippen LogP contribution in [0.15, 0.2) is 10.9 Å². The van der Waals surface area contributed by atoms with Crippen molar-refractivity contribution in [3.63, 3.8) is 0 Å². The largest absolute Gasteiger partial charge is 0.506 e. The van der Waals surface area contributed by atoms with Crippen LogP contribution in [0.5, 0.6) is 5.75 Å². The molecule has 2 aromatic rings. The molecule has 1 aliphatic rings. The molecule has 0 aromatic carbocycles. The molecule has 1 aliphatic carbocycles. The summed E-state index contributed by atoms with van der Waals surface area (Å²) in [6.45, 7) is -1.39. The van der Waals surface area contributed by atoms with E-state index >= 15 is 0 Å². The first-order chi connectivity index (χ1) is 8.85. The minimum Gasteiger partial charge on any atom is -0.506 e. The smallest absolute Gasteiger partial charge is 0.406 e. The van der Waals surface area contributed by atoms with E-state index in [9.17, 15) is 23.1 Å². The number of thiazole rings is 1. The molecule has 102 valence electrons. The van der Waals surface area contributed by atoms with Gasteiger partial charge in [-0.15, -0.1) is 11.3 Å². The van der Waals surface area contributed by atoms with Gasteiger partial charge in [0.2, 0.25) is 0 Å². The predicted octanol–water partition coefficient (Wildman–Crippen LogP) is 2.60. The van der Waals surface area contributed by atoms with Crippen molar-refractivity contribution in [3.05, 3.63) is 21.4 Å². The second-order valence-electron chi connectivity index (χ2n) is 4.55. The minimum atomic E-state index is -4.50. The molecule has 1 saturated carbocycles. The molecule has 2 aromatic heterocycles. The number of aromatic nitrogens is 2. The highest BCUT2D eigenvalue weighted by Gasteiger charge is 2.32. The molecule has 3 rings (SSSR count). The SMILES string of the molecule is O=c1cc(O)c2sc(C3CC3)nc2n1CC(F)(F)F. The van der Waals surface area contributed by atoms with Crippen LogP contribution in [0.25, 0.3) is 10.3 Å². The van der Waals surface area contributed by atoms with E-state index in [1.807, 2.05) is 0 Å². The number of hydrogen-bond donors (Lipinski definition) is 1. The number of halogens is 3. The molecule has 0 aliphatic heterocycles. The van der Waals surface area contributed by atoms with Crippen LogP contribution in [0.2, 0.25) is 0 Å². The lowest BCUT2D eigenvalue weighted by atomic mass is 10.4. The van der Waals surface area contributed by atoms with Crippen LogP contribution in [0, 0.1) is 0 Å². The van der Waals surface area contributed by atoms with Gasteiger partial charge in [0.05, 0.1) is 5.01 Å². The molecular formula is C11H9F3N2O2S. The molecule has 2 heterocycles. The van der Waals surface area contributed by atoms with Gasteiger partial charge in [0.1, 0.15) is 17.0 Å². The third-order valence-electron chi connectivity index (χ3n) is 2.90. The number of fused-ring (bicyclic) bond motifs is 1. The van der Waals surface area contributed by atoms with Crippen LogP contribution in [0.1, 0.15) is 23.8 Å². The summed E-state index contributed by atoms with van der Waals surface area (Å²) in [5.74, 6) is -0.0472. The van der Waals surface area contributed by atoms with Gasteiger partial charge in [0.25, 0.3) is 5.56 Å². The van der Waals surface area contributed by atoms with E-state index in [4.69, 9.17) is 0 Å². The summed E-state index contributed by atoms with van der Waals surface area (Å²) < 4.78 is 38.3. The second kappa shape index (κ2) is 3.96. The molecule has 0 saturated heterocycles. The number of pyridine rings is 1.